The van der Waals surface area contributed by atoms with E-state index in [9.17, 15) is 10.1 Å². The van der Waals surface area contributed by atoms with Crippen LogP contribution in [0.25, 0.3) is 5.52 Å². The van der Waals surface area contributed by atoms with E-state index in [0.29, 0.717) is 33.6 Å². The number of nitriles is 1. The third kappa shape index (κ3) is 4.52. The molecular weight excluding hydrogens is 418 g/mol. The van der Waals surface area contributed by atoms with Crippen LogP contribution >= 0.6 is 0 Å². The number of rotatable bonds is 8. The molecule has 0 saturated carbocycles. The topological polar surface area (TPSA) is 101 Å². The molecule has 0 fully saturated rings. The van der Waals surface area contributed by atoms with Gasteiger partial charge in [0, 0.05) is 17.4 Å². The van der Waals surface area contributed by atoms with E-state index in [1.54, 1.807) is 17.6 Å². The van der Waals surface area contributed by atoms with Gasteiger partial charge in [0.1, 0.15) is 17.6 Å². The van der Waals surface area contributed by atoms with E-state index in [4.69, 9.17) is 9.47 Å². The summed E-state index contributed by atoms with van der Waals surface area (Å²) in [6, 6.07) is 19.0. The van der Waals surface area contributed by atoms with Gasteiger partial charge in [-0.2, -0.15) is 10.4 Å². The molecule has 8 nitrogen and oxygen atoms in total. The van der Waals surface area contributed by atoms with Gasteiger partial charge in [-0.1, -0.05) is 18.2 Å². The second-order valence-electron chi connectivity index (χ2n) is 7.03. The number of nitrogens with zero attached hydrogens (tertiary/aromatic N) is 4. The quantitative estimate of drug-likeness (QED) is 0.302. The zero-order valence-corrected chi connectivity index (χ0v) is 18.0. The molecule has 0 atom stereocenters. The van der Waals surface area contributed by atoms with Gasteiger partial charge in [-0.15, -0.1) is 0 Å². The number of ether oxygens (including phenoxy) is 2. The standard InChI is InChI=1S/C25H21N5O3/c1-3-32-25(31)22-16-30-24(21(22)15-27-2)23(17(13-26)14-28-30)29-18-9-11-20(12-10-18)33-19-7-5-4-6-8-19/h4-12,14,16,29H,2-3,15H2,1H3. The largest absolute Gasteiger partial charge is 0.462 e. The summed E-state index contributed by atoms with van der Waals surface area (Å²) >= 11 is 0. The first kappa shape index (κ1) is 21.6. The van der Waals surface area contributed by atoms with Gasteiger partial charge < -0.3 is 14.8 Å². The van der Waals surface area contributed by atoms with Crippen molar-refractivity contribution in [3.63, 3.8) is 0 Å². The van der Waals surface area contributed by atoms with Gasteiger partial charge in [-0.3, -0.25) is 4.99 Å². The average molecular weight is 439 g/mol. The minimum atomic E-state index is -0.478. The van der Waals surface area contributed by atoms with Crippen LogP contribution < -0.4 is 10.1 Å². The Kier molecular flexibility index (Phi) is 6.32. The molecule has 1 N–H and O–H groups in total. The number of benzene rings is 2. The lowest BCUT2D eigenvalue weighted by molar-refractivity contribution is 0.0525. The van der Waals surface area contributed by atoms with Crippen molar-refractivity contribution in [1.29, 1.82) is 5.26 Å². The van der Waals surface area contributed by atoms with Crippen LogP contribution in [0, 0.1) is 11.3 Å². The highest BCUT2D eigenvalue weighted by atomic mass is 16.5. The second kappa shape index (κ2) is 9.66. The van der Waals surface area contributed by atoms with Crippen molar-refractivity contribution >= 4 is 29.6 Å². The summed E-state index contributed by atoms with van der Waals surface area (Å²) in [5.41, 5.74) is 3.05. The summed E-state index contributed by atoms with van der Waals surface area (Å²) < 4.78 is 12.6. The van der Waals surface area contributed by atoms with Gasteiger partial charge in [0.15, 0.2) is 0 Å². The Balaban J connectivity index is 1.72. The van der Waals surface area contributed by atoms with E-state index in [1.807, 2.05) is 54.6 Å². The molecule has 164 valence electrons. The molecule has 8 heteroatoms. The number of esters is 1. The Morgan fingerprint density at radius 1 is 1.18 bits per heavy atom. The van der Waals surface area contributed by atoms with Crippen molar-refractivity contribution in [3.8, 4) is 17.6 Å². The van der Waals surface area contributed by atoms with Crippen molar-refractivity contribution in [3.05, 3.63) is 83.7 Å². The van der Waals surface area contributed by atoms with E-state index in [2.05, 4.69) is 28.2 Å². The molecule has 0 spiro atoms. The van der Waals surface area contributed by atoms with Crippen LogP contribution in [0.15, 0.2) is 72.0 Å². The monoisotopic (exact) mass is 439 g/mol. The molecule has 0 amide bonds. The lowest BCUT2D eigenvalue weighted by Crippen LogP contribution is -2.06. The number of hydrogen-bond donors (Lipinski definition) is 1. The van der Waals surface area contributed by atoms with Crippen LogP contribution in [0.1, 0.15) is 28.4 Å². The molecule has 0 bridgehead atoms. The fourth-order valence-electron chi connectivity index (χ4n) is 3.44. The van der Waals surface area contributed by atoms with Crippen molar-refractivity contribution < 1.29 is 14.3 Å². The van der Waals surface area contributed by atoms with Crippen molar-refractivity contribution in [1.82, 2.24) is 9.61 Å². The van der Waals surface area contributed by atoms with Gasteiger partial charge in [0.2, 0.25) is 0 Å². The number of carbonyl (C=O) groups is 1. The molecule has 33 heavy (non-hydrogen) atoms. The SMILES string of the molecule is C=NCc1c(C(=O)OCC)cn2ncc(C#N)c(Nc3ccc(Oc4ccccc4)cc3)c12. The van der Waals surface area contributed by atoms with Crippen LogP contribution in [0.4, 0.5) is 11.4 Å². The predicted molar refractivity (Wildman–Crippen MR) is 125 cm³/mol. The van der Waals surface area contributed by atoms with E-state index in [1.165, 1.54) is 6.20 Å². The molecule has 2 aromatic carbocycles. The number of hydrogen-bond acceptors (Lipinski definition) is 7. The zero-order valence-electron chi connectivity index (χ0n) is 18.0. The number of fused-ring (bicyclic) bond motifs is 1. The van der Waals surface area contributed by atoms with Crippen LogP contribution in [-0.2, 0) is 11.3 Å². The third-order valence-corrected chi connectivity index (χ3v) is 4.90. The number of carbonyl (C=O) groups excluding carboxylic acids is 1. The Hall–Kier alpha value is -4.64. The Labute approximate surface area is 190 Å². The minimum absolute atomic E-state index is 0.166. The van der Waals surface area contributed by atoms with Crippen molar-refractivity contribution in [2.24, 2.45) is 4.99 Å². The van der Waals surface area contributed by atoms with Gasteiger partial charge in [-0.05, 0) is 50.0 Å². The molecule has 0 aliphatic rings. The van der Waals surface area contributed by atoms with E-state index in [0.717, 1.165) is 11.4 Å². The molecule has 0 aliphatic heterocycles. The van der Waals surface area contributed by atoms with Gasteiger partial charge in [0.25, 0.3) is 0 Å². The van der Waals surface area contributed by atoms with E-state index >= 15 is 0 Å². The maximum Gasteiger partial charge on any atom is 0.340 e. The summed E-state index contributed by atoms with van der Waals surface area (Å²) in [6.45, 7) is 5.71. The predicted octanol–water partition coefficient (Wildman–Crippen LogP) is 5.12. The molecule has 2 aromatic heterocycles. The summed E-state index contributed by atoms with van der Waals surface area (Å²) in [7, 11) is 0. The zero-order chi connectivity index (χ0) is 23.2. The summed E-state index contributed by atoms with van der Waals surface area (Å²) in [6.07, 6.45) is 3.03. The normalized spacial score (nSPS) is 10.4. The van der Waals surface area contributed by atoms with Gasteiger partial charge >= 0.3 is 5.97 Å². The Morgan fingerprint density at radius 3 is 2.58 bits per heavy atom. The summed E-state index contributed by atoms with van der Waals surface area (Å²) in [5, 5.41) is 17.3. The lowest BCUT2D eigenvalue weighted by atomic mass is 10.1. The number of nitrogens with one attached hydrogen (secondary N) is 1. The highest BCUT2D eigenvalue weighted by molar-refractivity contribution is 5.97. The first-order valence-electron chi connectivity index (χ1n) is 10.3. The highest BCUT2D eigenvalue weighted by Gasteiger charge is 2.22. The maximum atomic E-state index is 12.5. The number of aromatic nitrogens is 2. The third-order valence-electron chi connectivity index (χ3n) is 4.90. The summed E-state index contributed by atoms with van der Waals surface area (Å²) in [5.74, 6) is 0.937. The lowest BCUT2D eigenvalue weighted by Gasteiger charge is -2.12. The fraction of sp³-hybridized carbons (Fsp3) is 0.120. The smallest absolute Gasteiger partial charge is 0.340 e. The molecule has 4 aromatic rings. The molecule has 2 heterocycles. The Morgan fingerprint density at radius 2 is 1.91 bits per heavy atom. The minimum Gasteiger partial charge on any atom is -0.462 e. The highest BCUT2D eigenvalue weighted by Crippen LogP contribution is 2.32. The molecule has 0 aliphatic carbocycles. The number of aliphatic imine (C=N–C) groups is 1. The van der Waals surface area contributed by atoms with E-state index < -0.39 is 5.97 Å². The van der Waals surface area contributed by atoms with E-state index in [-0.39, 0.29) is 13.2 Å². The van der Waals surface area contributed by atoms with Gasteiger partial charge in [-0.25, -0.2) is 9.31 Å². The second-order valence-corrected chi connectivity index (χ2v) is 7.03. The molecule has 4 rings (SSSR count). The van der Waals surface area contributed by atoms with Crippen molar-refractivity contribution in [2.75, 3.05) is 11.9 Å². The number of anilines is 2. The van der Waals surface area contributed by atoms with Crippen molar-refractivity contribution in [2.45, 2.75) is 13.5 Å². The molecular formula is C25H21N5O3. The molecule has 0 radical (unpaired) electrons. The average Bonchev–Trinajstić information content (AvgIpc) is 3.20. The van der Waals surface area contributed by atoms with Crippen LogP contribution in [0.5, 0.6) is 11.5 Å². The molecule has 0 unspecified atom stereocenters. The molecule has 0 saturated heterocycles. The summed E-state index contributed by atoms with van der Waals surface area (Å²) in [4.78, 5) is 16.5. The Bertz CT molecular complexity index is 1340. The maximum absolute atomic E-state index is 12.5. The first-order chi connectivity index (χ1) is 16.1. The van der Waals surface area contributed by atoms with Gasteiger partial charge in [0.05, 0.1) is 41.7 Å². The van der Waals surface area contributed by atoms with Crippen LogP contribution in [0.3, 0.4) is 0 Å². The first-order valence-corrected chi connectivity index (χ1v) is 10.3. The fourth-order valence-corrected chi connectivity index (χ4v) is 3.44. The number of para-hydroxylation sites is 1. The van der Waals surface area contributed by atoms with Crippen LogP contribution in [0.2, 0.25) is 0 Å². The van der Waals surface area contributed by atoms with Crippen LogP contribution in [-0.4, -0.2) is 28.9 Å².